The molecule has 1 fully saturated rings. The molecule has 23 heavy (non-hydrogen) atoms. The molecule has 3 rings (SSSR count). The second-order valence-electron chi connectivity index (χ2n) is 7.22. The number of hydrogen-bond acceptors (Lipinski definition) is 4. The molecule has 1 aliphatic heterocycles. The predicted octanol–water partition coefficient (Wildman–Crippen LogP) is 4.34. The van der Waals surface area contributed by atoms with Crippen LogP contribution < -0.4 is 10.2 Å². The van der Waals surface area contributed by atoms with Crippen LogP contribution in [0.25, 0.3) is 11.4 Å². The van der Waals surface area contributed by atoms with Crippen molar-refractivity contribution in [3.05, 3.63) is 36.4 Å². The monoisotopic (exact) mass is 310 g/mol. The molecule has 0 radical (unpaired) electrons. The molecule has 0 spiro atoms. The molecule has 4 nitrogen and oxygen atoms in total. The first-order chi connectivity index (χ1) is 11.0. The Morgan fingerprint density at radius 1 is 0.957 bits per heavy atom. The van der Waals surface area contributed by atoms with E-state index in [0.717, 1.165) is 36.1 Å². The van der Waals surface area contributed by atoms with Gasteiger partial charge in [0.1, 0.15) is 11.6 Å². The second-order valence-corrected chi connectivity index (χ2v) is 7.22. The minimum Gasteiger partial charge on any atom is -0.365 e. The summed E-state index contributed by atoms with van der Waals surface area (Å²) in [6, 6.07) is 12.3. The minimum atomic E-state index is -0.0263. The Morgan fingerprint density at radius 3 is 2.30 bits per heavy atom. The molecule has 0 bridgehead atoms. The van der Waals surface area contributed by atoms with E-state index in [4.69, 9.17) is 9.97 Å². The fraction of sp³-hybridized carbons (Fsp3) is 0.474. The molecule has 2 heterocycles. The van der Waals surface area contributed by atoms with Crippen molar-refractivity contribution in [3.8, 4) is 11.4 Å². The average Bonchev–Trinajstić information content (AvgIpc) is 2.55. The van der Waals surface area contributed by atoms with Gasteiger partial charge < -0.3 is 10.2 Å². The highest BCUT2D eigenvalue weighted by atomic mass is 15.2. The summed E-state index contributed by atoms with van der Waals surface area (Å²) in [6.07, 6.45) is 3.81. The van der Waals surface area contributed by atoms with E-state index >= 15 is 0 Å². The van der Waals surface area contributed by atoms with Crippen LogP contribution in [0.3, 0.4) is 0 Å². The molecule has 0 amide bonds. The smallest absolute Gasteiger partial charge is 0.163 e. The summed E-state index contributed by atoms with van der Waals surface area (Å²) in [7, 11) is 0. The van der Waals surface area contributed by atoms with Crippen LogP contribution in [-0.2, 0) is 0 Å². The molecule has 0 aliphatic carbocycles. The van der Waals surface area contributed by atoms with Gasteiger partial charge in [-0.15, -0.1) is 0 Å². The third kappa shape index (κ3) is 4.21. The van der Waals surface area contributed by atoms with Crippen molar-refractivity contribution in [3.63, 3.8) is 0 Å². The Labute approximate surface area is 139 Å². The van der Waals surface area contributed by atoms with E-state index < -0.39 is 0 Å². The zero-order valence-electron chi connectivity index (χ0n) is 14.3. The van der Waals surface area contributed by atoms with Gasteiger partial charge in [-0.3, -0.25) is 0 Å². The highest BCUT2D eigenvalue weighted by molar-refractivity contribution is 5.62. The van der Waals surface area contributed by atoms with Gasteiger partial charge in [0.05, 0.1) is 0 Å². The number of nitrogens with zero attached hydrogens (tertiary/aromatic N) is 3. The summed E-state index contributed by atoms with van der Waals surface area (Å²) in [6.45, 7) is 8.62. The Bertz CT molecular complexity index is 640. The van der Waals surface area contributed by atoms with Crippen LogP contribution in [0.1, 0.15) is 40.0 Å². The maximum atomic E-state index is 4.83. The van der Waals surface area contributed by atoms with Crippen molar-refractivity contribution in [2.45, 2.75) is 45.6 Å². The number of benzene rings is 1. The van der Waals surface area contributed by atoms with Gasteiger partial charge in [0, 0.05) is 30.3 Å². The lowest BCUT2D eigenvalue weighted by Gasteiger charge is -2.29. The van der Waals surface area contributed by atoms with Gasteiger partial charge in [0.2, 0.25) is 0 Å². The Morgan fingerprint density at radius 2 is 1.65 bits per heavy atom. The van der Waals surface area contributed by atoms with E-state index in [0.29, 0.717) is 0 Å². The first-order valence-electron chi connectivity index (χ1n) is 8.49. The minimum absolute atomic E-state index is 0.0263. The summed E-state index contributed by atoms with van der Waals surface area (Å²) in [5.74, 6) is 2.72. The summed E-state index contributed by atoms with van der Waals surface area (Å²) < 4.78 is 0. The molecule has 0 atom stereocenters. The highest BCUT2D eigenvalue weighted by Crippen LogP contribution is 2.26. The lowest BCUT2D eigenvalue weighted by molar-refractivity contribution is 0.573. The third-order valence-electron chi connectivity index (χ3n) is 3.93. The van der Waals surface area contributed by atoms with Gasteiger partial charge in [-0.1, -0.05) is 30.3 Å². The maximum absolute atomic E-state index is 4.83. The molecule has 0 saturated carbocycles. The SMILES string of the molecule is CC(C)(C)Nc1cc(N2CCCCC2)nc(-c2ccccc2)n1. The van der Waals surface area contributed by atoms with Gasteiger partial charge in [-0.25, -0.2) is 9.97 Å². The Kier molecular flexibility index (Phi) is 4.51. The fourth-order valence-electron chi connectivity index (χ4n) is 2.88. The number of hydrogen-bond donors (Lipinski definition) is 1. The van der Waals surface area contributed by atoms with E-state index in [1.54, 1.807) is 0 Å². The standard InChI is InChI=1S/C19H26N4/c1-19(2,3)22-16-14-17(23-12-8-5-9-13-23)21-18(20-16)15-10-6-4-7-11-15/h4,6-7,10-11,14H,5,8-9,12-13H2,1-3H3,(H,20,21,22). The number of rotatable bonds is 3. The molecule has 1 N–H and O–H groups in total. The summed E-state index contributed by atoms with van der Waals surface area (Å²) in [5, 5.41) is 3.49. The summed E-state index contributed by atoms with van der Waals surface area (Å²) in [4.78, 5) is 11.9. The van der Waals surface area contributed by atoms with Crippen molar-refractivity contribution < 1.29 is 0 Å². The largest absolute Gasteiger partial charge is 0.365 e. The average molecular weight is 310 g/mol. The molecule has 4 heteroatoms. The van der Waals surface area contributed by atoms with Crippen LogP contribution >= 0.6 is 0 Å². The van der Waals surface area contributed by atoms with Crippen LogP contribution in [0.15, 0.2) is 36.4 Å². The number of aromatic nitrogens is 2. The molecule has 2 aromatic rings. The molecule has 122 valence electrons. The van der Waals surface area contributed by atoms with Gasteiger partial charge >= 0.3 is 0 Å². The first kappa shape index (κ1) is 15.8. The van der Waals surface area contributed by atoms with Crippen molar-refractivity contribution in [1.29, 1.82) is 0 Å². The lowest BCUT2D eigenvalue weighted by atomic mass is 10.1. The maximum Gasteiger partial charge on any atom is 0.163 e. The van der Waals surface area contributed by atoms with Crippen LogP contribution in [-0.4, -0.2) is 28.6 Å². The predicted molar refractivity (Wildman–Crippen MR) is 96.9 cm³/mol. The van der Waals surface area contributed by atoms with Crippen molar-refractivity contribution in [2.75, 3.05) is 23.3 Å². The molecular weight excluding hydrogens is 284 g/mol. The Hall–Kier alpha value is -2.10. The number of nitrogens with one attached hydrogen (secondary N) is 1. The van der Waals surface area contributed by atoms with Crippen LogP contribution in [0, 0.1) is 0 Å². The zero-order valence-corrected chi connectivity index (χ0v) is 14.3. The Balaban J connectivity index is 1.99. The van der Waals surface area contributed by atoms with E-state index in [1.807, 2.05) is 18.2 Å². The van der Waals surface area contributed by atoms with Gasteiger partial charge in [0.15, 0.2) is 5.82 Å². The molecule has 1 aromatic carbocycles. The number of piperidine rings is 1. The van der Waals surface area contributed by atoms with Crippen LogP contribution in [0.5, 0.6) is 0 Å². The molecular formula is C19H26N4. The normalized spacial score (nSPS) is 15.5. The lowest BCUT2D eigenvalue weighted by Crippen LogP contribution is -2.31. The van der Waals surface area contributed by atoms with Crippen molar-refractivity contribution in [2.24, 2.45) is 0 Å². The van der Waals surface area contributed by atoms with E-state index in [1.165, 1.54) is 19.3 Å². The highest BCUT2D eigenvalue weighted by Gasteiger charge is 2.17. The van der Waals surface area contributed by atoms with E-state index in [-0.39, 0.29) is 5.54 Å². The molecule has 1 aliphatic rings. The fourth-order valence-corrected chi connectivity index (χ4v) is 2.88. The quantitative estimate of drug-likeness (QED) is 0.915. The summed E-state index contributed by atoms with van der Waals surface area (Å²) in [5.41, 5.74) is 1.03. The summed E-state index contributed by atoms with van der Waals surface area (Å²) >= 11 is 0. The van der Waals surface area contributed by atoms with E-state index in [2.05, 4.69) is 49.2 Å². The molecule has 0 unspecified atom stereocenters. The molecule has 1 saturated heterocycles. The third-order valence-corrected chi connectivity index (χ3v) is 3.93. The van der Waals surface area contributed by atoms with Crippen molar-refractivity contribution in [1.82, 2.24) is 9.97 Å². The second kappa shape index (κ2) is 6.57. The topological polar surface area (TPSA) is 41.0 Å². The van der Waals surface area contributed by atoms with E-state index in [9.17, 15) is 0 Å². The van der Waals surface area contributed by atoms with Crippen LogP contribution in [0.4, 0.5) is 11.6 Å². The number of anilines is 2. The zero-order chi connectivity index (χ0) is 16.3. The molecule has 1 aromatic heterocycles. The van der Waals surface area contributed by atoms with Gasteiger partial charge in [0.25, 0.3) is 0 Å². The van der Waals surface area contributed by atoms with Gasteiger partial charge in [-0.2, -0.15) is 0 Å². The van der Waals surface area contributed by atoms with Crippen LogP contribution in [0.2, 0.25) is 0 Å². The first-order valence-corrected chi connectivity index (χ1v) is 8.49. The van der Waals surface area contributed by atoms with Gasteiger partial charge in [-0.05, 0) is 40.0 Å². The van der Waals surface area contributed by atoms with Crippen molar-refractivity contribution >= 4 is 11.6 Å².